The van der Waals surface area contributed by atoms with E-state index in [2.05, 4.69) is 20.9 Å². The van der Waals surface area contributed by atoms with Crippen molar-refractivity contribution in [1.82, 2.24) is 10.9 Å². The van der Waals surface area contributed by atoms with Crippen LogP contribution in [0, 0.1) is 0 Å². The summed E-state index contributed by atoms with van der Waals surface area (Å²) < 4.78 is 14.9. The van der Waals surface area contributed by atoms with Gasteiger partial charge in [0.05, 0.1) is 6.61 Å². The molecule has 19 heavy (non-hydrogen) atoms. The molecule has 1 heterocycles. The topological polar surface area (TPSA) is 97.9 Å². The number of fused-ring (bicyclic) bond motifs is 1. The third-order valence-corrected chi connectivity index (χ3v) is 2.18. The van der Waals surface area contributed by atoms with Gasteiger partial charge in [0.1, 0.15) is 0 Å². The summed E-state index contributed by atoms with van der Waals surface area (Å²) in [4.78, 5) is 22.4. The minimum absolute atomic E-state index is 0.162. The Hall–Kier alpha value is -2.64. The minimum Gasteiger partial charge on any atom is -0.454 e. The molecule has 0 unspecified atom stereocenters. The molecule has 0 radical (unpaired) electrons. The molecule has 0 aliphatic carbocycles. The van der Waals surface area contributed by atoms with E-state index < -0.39 is 12.1 Å². The van der Waals surface area contributed by atoms with Crippen molar-refractivity contribution >= 4 is 17.8 Å². The summed E-state index contributed by atoms with van der Waals surface area (Å²) in [6, 6.07) is 4.34. The van der Waals surface area contributed by atoms with E-state index in [0.29, 0.717) is 17.2 Å². The van der Waals surface area contributed by atoms with E-state index in [4.69, 9.17) is 9.47 Å². The van der Waals surface area contributed by atoms with E-state index in [1.807, 2.05) is 0 Å². The van der Waals surface area contributed by atoms with Crippen molar-refractivity contribution in [2.24, 2.45) is 0 Å². The lowest BCUT2D eigenvalue weighted by molar-refractivity contribution is 0.148. The van der Waals surface area contributed by atoms with Gasteiger partial charge < -0.3 is 19.5 Å². The fraction of sp³-hybridized carbons (Fsp3) is 0.273. The van der Waals surface area contributed by atoms with Crippen LogP contribution in [0.2, 0.25) is 0 Å². The lowest BCUT2D eigenvalue weighted by Gasteiger charge is -2.09. The van der Waals surface area contributed by atoms with Gasteiger partial charge in [-0.1, -0.05) is 0 Å². The van der Waals surface area contributed by atoms with E-state index in [1.54, 1.807) is 25.1 Å². The average Bonchev–Trinajstić information content (AvgIpc) is 2.84. The Morgan fingerprint density at radius 2 is 2.05 bits per heavy atom. The van der Waals surface area contributed by atoms with Crippen LogP contribution in [0.3, 0.4) is 0 Å². The second-order valence-electron chi connectivity index (χ2n) is 3.49. The number of ether oxygens (including phenoxy) is 3. The van der Waals surface area contributed by atoms with Gasteiger partial charge in [0.25, 0.3) is 0 Å². The molecule has 2 rings (SSSR count). The van der Waals surface area contributed by atoms with Crippen LogP contribution in [0.15, 0.2) is 18.2 Å². The summed E-state index contributed by atoms with van der Waals surface area (Å²) >= 11 is 0. The zero-order valence-corrected chi connectivity index (χ0v) is 10.2. The highest BCUT2D eigenvalue weighted by molar-refractivity contribution is 5.90. The predicted molar refractivity (Wildman–Crippen MR) is 64.9 cm³/mol. The number of hydrogen-bond acceptors (Lipinski definition) is 5. The SMILES string of the molecule is CCOC(=O)NNC(=O)Nc1ccc2c(c1)OCO2. The van der Waals surface area contributed by atoms with E-state index in [9.17, 15) is 9.59 Å². The third kappa shape index (κ3) is 3.41. The van der Waals surface area contributed by atoms with Gasteiger partial charge in [-0.25, -0.2) is 20.4 Å². The fourth-order valence-corrected chi connectivity index (χ4v) is 1.41. The Bertz CT molecular complexity index is 491. The van der Waals surface area contributed by atoms with Gasteiger partial charge in [-0.15, -0.1) is 0 Å². The second-order valence-corrected chi connectivity index (χ2v) is 3.49. The molecule has 0 saturated carbocycles. The Balaban J connectivity index is 1.84. The highest BCUT2D eigenvalue weighted by atomic mass is 16.7. The number of urea groups is 1. The Labute approximate surface area is 109 Å². The summed E-state index contributed by atoms with van der Waals surface area (Å²) in [5.41, 5.74) is 4.72. The van der Waals surface area contributed by atoms with Crippen LogP contribution in [-0.4, -0.2) is 25.5 Å². The number of nitrogens with one attached hydrogen (secondary N) is 3. The van der Waals surface area contributed by atoms with Gasteiger partial charge >= 0.3 is 12.1 Å². The molecule has 0 fully saturated rings. The average molecular weight is 267 g/mol. The van der Waals surface area contributed by atoms with E-state index in [-0.39, 0.29) is 13.4 Å². The quantitative estimate of drug-likeness (QED) is 0.699. The molecule has 8 heteroatoms. The monoisotopic (exact) mass is 267 g/mol. The smallest absolute Gasteiger partial charge is 0.426 e. The Kier molecular flexibility index (Phi) is 3.91. The number of hydrogen-bond donors (Lipinski definition) is 3. The molecular weight excluding hydrogens is 254 g/mol. The van der Waals surface area contributed by atoms with Crippen molar-refractivity contribution in [3.05, 3.63) is 18.2 Å². The maximum Gasteiger partial charge on any atom is 0.426 e. The van der Waals surface area contributed by atoms with E-state index in [1.165, 1.54) is 0 Å². The number of hydrazine groups is 1. The van der Waals surface area contributed by atoms with Gasteiger partial charge in [0.15, 0.2) is 11.5 Å². The van der Waals surface area contributed by atoms with Crippen LogP contribution in [-0.2, 0) is 4.74 Å². The van der Waals surface area contributed by atoms with Crippen molar-refractivity contribution in [2.45, 2.75) is 6.92 Å². The Morgan fingerprint density at radius 3 is 2.84 bits per heavy atom. The van der Waals surface area contributed by atoms with Crippen molar-refractivity contribution in [2.75, 3.05) is 18.7 Å². The Morgan fingerprint density at radius 1 is 1.26 bits per heavy atom. The van der Waals surface area contributed by atoms with E-state index in [0.717, 1.165) is 0 Å². The van der Waals surface area contributed by atoms with Gasteiger partial charge in [-0.05, 0) is 19.1 Å². The predicted octanol–water partition coefficient (Wildman–Crippen LogP) is 1.20. The normalized spacial score (nSPS) is 11.6. The third-order valence-electron chi connectivity index (χ3n) is 2.18. The van der Waals surface area contributed by atoms with Crippen LogP contribution < -0.4 is 25.6 Å². The molecule has 102 valence electrons. The maximum atomic E-state index is 11.5. The number of anilines is 1. The van der Waals surface area contributed by atoms with Gasteiger partial charge in [0, 0.05) is 11.8 Å². The molecule has 0 atom stereocenters. The van der Waals surface area contributed by atoms with Crippen molar-refractivity contribution < 1.29 is 23.8 Å². The summed E-state index contributed by atoms with van der Waals surface area (Å²) in [7, 11) is 0. The molecule has 0 spiro atoms. The zero-order chi connectivity index (χ0) is 13.7. The molecule has 3 N–H and O–H groups in total. The first-order valence-electron chi connectivity index (χ1n) is 5.58. The fourth-order valence-electron chi connectivity index (χ4n) is 1.41. The molecule has 3 amide bonds. The minimum atomic E-state index is -0.733. The molecule has 0 aromatic heterocycles. The van der Waals surface area contributed by atoms with Crippen LogP contribution in [0.4, 0.5) is 15.3 Å². The number of amides is 3. The van der Waals surface area contributed by atoms with Crippen molar-refractivity contribution in [3.8, 4) is 11.5 Å². The lowest BCUT2D eigenvalue weighted by Crippen LogP contribution is -2.44. The van der Waals surface area contributed by atoms with Gasteiger partial charge in [-0.2, -0.15) is 0 Å². The van der Waals surface area contributed by atoms with Gasteiger partial charge in [-0.3, -0.25) is 0 Å². The zero-order valence-electron chi connectivity index (χ0n) is 10.2. The summed E-state index contributed by atoms with van der Waals surface area (Å²) in [5.74, 6) is 1.17. The summed E-state index contributed by atoms with van der Waals surface area (Å²) in [5, 5.41) is 2.51. The first-order chi connectivity index (χ1) is 9.19. The van der Waals surface area contributed by atoms with Crippen LogP contribution in [0.25, 0.3) is 0 Å². The highest BCUT2D eigenvalue weighted by Gasteiger charge is 2.14. The molecule has 0 bridgehead atoms. The number of carbonyl (C=O) groups excluding carboxylic acids is 2. The number of benzene rings is 1. The summed E-state index contributed by atoms with van der Waals surface area (Å²) in [6.45, 7) is 2.04. The number of carbonyl (C=O) groups is 2. The van der Waals surface area contributed by atoms with Gasteiger partial charge in [0.2, 0.25) is 6.79 Å². The van der Waals surface area contributed by atoms with Crippen molar-refractivity contribution in [3.63, 3.8) is 0 Å². The molecule has 1 aliphatic heterocycles. The van der Waals surface area contributed by atoms with Crippen LogP contribution >= 0.6 is 0 Å². The van der Waals surface area contributed by atoms with Crippen LogP contribution in [0.1, 0.15) is 6.92 Å². The molecular formula is C11H13N3O5. The number of rotatable bonds is 2. The largest absolute Gasteiger partial charge is 0.454 e. The molecule has 8 nitrogen and oxygen atoms in total. The molecule has 0 saturated heterocycles. The second kappa shape index (κ2) is 5.80. The summed E-state index contributed by atoms with van der Waals surface area (Å²) in [6.07, 6.45) is -0.733. The lowest BCUT2D eigenvalue weighted by atomic mass is 10.3. The maximum absolute atomic E-state index is 11.5. The molecule has 1 aliphatic rings. The van der Waals surface area contributed by atoms with Crippen LogP contribution in [0.5, 0.6) is 11.5 Å². The highest BCUT2D eigenvalue weighted by Crippen LogP contribution is 2.34. The first-order valence-corrected chi connectivity index (χ1v) is 5.58. The standard InChI is InChI=1S/C11H13N3O5/c1-2-17-11(16)14-13-10(15)12-7-3-4-8-9(5-7)19-6-18-8/h3-5H,2,6H2,1H3,(H,14,16)(H2,12,13,15). The van der Waals surface area contributed by atoms with E-state index >= 15 is 0 Å². The first kappa shape index (κ1) is 12.8. The molecule has 1 aromatic carbocycles. The molecule has 1 aromatic rings. The van der Waals surface area contributed by atoms with Crippen molar-refractivity contribution in [1.29, 1.82) is 0 Å².